The maximum absolute atomic E-state index is 12.8. The number of carbonyl (C=O) groups excluding carboxylic acids is 2. The van der Waals surface area contributed by atoms with Crippen LogP contribution in [0.2, 0.25) is 0 Å². The molecule has 3 aromatic carbocycles. The van der Waals surface area contributed by atoms with Crippen LogP contribution in [0.4, 0.5) is 17.2 Å². The molecular weight excluding hydrogens is 530 g/mol. The summed E-state index contributed by atoms with van der Waals surface area (Å²) in [5, 5.41) is 9.45. The molecule has 0 atom stereocenters. The standard InChI is InChI=1S/C32H29N7O3/c1-42-26-12-10-25(11-13-26)37-31(40)22-6-8-24(9-7-22)36-30-29-28(34-20-35-30)15-14-27(38-29)21-2-4-23(5-3-21)32(41)39-18-16-33-17-19-39/h2-15,20,33H,16-19H2,1H3,(H,37,40)(H,34,35,36). The number of nitrogens with zero attached hydrogens (tertiary/aromatic N) is 4. The van der Waals surface area contributed by atoms with Gasteiger partial charge in [-0.15, -0.1) is 0 Å². The third-order valence-electron chi connectivity index (χ3n) is 7.07. The summed E-state index contributed by atoms with van der Waals surface area (Å²) < 4.78 is 5.16. The van der Waals surface area contributed by atoms with Gasteiger partial charge in [0.2, 0.25) is 0 Å². The topological polar surface area (TPSA) is 121 Å². The van der Waals surface area contributed by atoms with E-state index in [4.69, 9.17) is 9.72 Å². The van der Waals surface area contributed by atoms with Gasteiger partial charge in [0, 0.05) is 54.2 Å². The second kappa shape index (κ2) is 12.0. The Hall–Kier alpha value is -5.35. The van der Waals surface area contributed by atoms with Crippen LogP contribution in [0.1, 0.15) is 20.7 Å². The van der Waals surface area contributed by atoms with Gasteiger partial charge in [-0.1, -0.05) is 12.1 Å². The van der Waals surface area contributed by atoms with E-state index in [-0.39, 0.29) is 11.8 Å². The molecule has 1 aliphatic rings. The van der Waals surface area contributed by atoms with Gasteiger partial charge in [-0.3, -0.25) is 9.59 Å². The molecule has 2 aromatic heterocycles. The van der Waals surface area contributed by atoms with Crippen molar-refractivity contribution in [2.45, 2.75) is 0 Å². The second-order valence-corrected chi connectivity index (χ2v) is 9.79. The Morgan fingerprint density at radius 2 is 1.50 bits per heavy atom. The highest BCUT2D eigenvalue weighted by atomic mass is 16.5. The zero-order chi connectivity index (χ0) is 28.9. The van der Waals surface area contributed by atoms with Crippen molar-refractivity contribution < 1.29 is 14.3 Å². The predicted molar refractivity (Wildman–Crippen MR) is 162 cm³/mol. The van der Waals surface area contributed by atoms with E-state index in [0.717, 1.165) is 35.8 Å². The summed E-state index contributed by atoms with van der Waals surface area (Å²) in [6, 6.07) is 25.6. The number of carbonyl (C=O) groups is 2. The minimum Gasteiger partial charge on any atom is -0.497 e. The first kappa shape index (κ1) is 26.9. The van der Waals surface area contributed by atoms with Crippen LogP contribution < -0.4 is 20.7 Å². The van der Waals surface area contributed by atoms with Crippen molar-refractivity contribution in [1.82, 2.24) is 25.2 Å². The number of fused-ring (bicyclic) bond motifs is 1. The maximum Gasteiger partial charge on any atom is 0.255 e. The van der Waals surface area contributed by atoms with Crippen molar-refractivity contribution >= 4 is 40.0 Å². The summed E-state index contributed by atoms with van der Waals surface area (Å²) in [6.45, 7) is 3.05. The molecule has 10 heteroatoms. The fourth-order valence-corrected chi connectivity index (χ4v) is 4.75. The molecule has 2 amide bonds. The molecule has 5 aromatic rings. The summed E-state index contributed by atoms with van der Waals surface area (Å²) in [7, 11) is 1.60. The first-order chi connectivity index (χ1) is 20.6. The van der Waals surface area contributed by atoms with Gasteiger partial charge in [-0.2, -0.15) is 0 Å². The number of nitrogens with one attached hydrogen (secondary N) is 3. The fourth-order valence-electron chi connectivity index (χ4n) is 4.75. The van der Waals surface area contributed by atoms with Crippen molar-refractivity contribution in [3.63, 3.8) is 0 Å². The molecular formula is C32H29N7O3. The molecule has 0 unspecified atom stereocenters. The normalized spacial score (nSPS) is 13.0. The van der Waals surface area contributed by atoms with Gasteiger partial charge >= 0.3 is 0 Å². The predicted octanol–water partition coefficient (Wildman–Crippen LogP) is 4.74. The van der Waals surface area contributed by atoms with Crippen LogP contribution in [-0.4, -0.2) is 65.0 Å². The van der Waals surface area contributed by atoms with Gasteiger partial charge in [0.05, 0.1) is 18.3 Å². The summed E-state index contributed by atoms with van der Waals surface area (Å²) in [6.07, 6.45) is 1.49. The molecule has 0 bridgehead atoms. The average molecular weight is 560 g/mol. The molecule has 0 aliphatic carbocycles. The SMILES string of the molecule is COc1ccc(NC(=O)c2ccc(Nc3ncnc4ccc(-c5ccc(C(=O)N6CCNCC6)cc5)nc34)cc2)cc1. The van der Waals surface area contributed by atoms with E-state index in [0.29, 0.717) is 46.8 Å². The molecule has 1 saturated heterocycles. The molecule has 210 valence electrons. The number of anilines is 3. The second-order valence-electron chi connectivity index (χ2n) is 9.79. The van der Waals surface area contributed by atoms with Gasteiger partial charge in [-0.05, 0) is 72.8 Å². The number of ether oxygens (including phenoxy) is 1. The summed E-state index contributed by atoms with van der Waals surface area (Å²) >= 11 is 0. The van der Waals surface area contributed by atoms with Crippen molar-refractivity contribution in [2.24, 2.45) is 0 Å². The molecule has 3 heterocycles. The third-order valence-corrected chi connectivity index (χ3v) is 7.07. The number of hydrogen-bond donors (Lipinski definition) is 3. The van der Waals surface area contributed by atoms with E-state index in [9.17, 15) is 9.59 Å². The number of piperazine rings is 1. The molecule has 3 N–H and O–H groups in total. The first-order valence-electron chi connectivity index (χ1n) is 13.6. The van der Waals surface area contributed by atoms with Crippen molar-refractivity contribution in [3.8, 4) is 17.0 Å². The Balaban J connectivity index is 1.17. The van der Waals surface area contributed by atoms with Gasteiger partial charge in [0.1, 0.15) is 17.6 Å². The maximum atomic E-state index is 12.8. The first-order valence-corrected chi connectivity index (χ1v) is 13.6. The minimum absolute atomic E-state index is 0.0404. The van der Waals surface area contributed by atoms with Gasteiger partial charge in [0.25, 0.3) is 11.8 Å². The lowest BCUT2D eigenvalue weighted by molar-refractivity contribution is 0.0735. The highest BCUT2D eigenvalue weighted by molar-refractivity contribution is 6.04. The zero-order valence-electron chi connectivity index (χ0n) is 23.0. The Morgan fingerprint density at radius 1 is 0.810 bits per heavy atom. The van der Waals surface area contributed by atoms with Crippen molar-refractivity contribution in [3.05, 3.63) is 102 Å². The van der Waals surface area contributed by atoms with Crippen molar-refractivity contribution in [2.75, 3.05) is 43.9 Å². The van der Waals surface area contributed by atoms with E-state index in [1.54, 1.807) is 43.5 Å². The Labute approximate surface area is 242 Å². The number of methoxy groups -OCH3 is 1. The van der Waals surface area contributed by atoms with E-state index in [2.05, 4.69) is 25.9 Å². The minimum atomic E-state index is -0.217. The molecule has 0 radical (unpaired) electrons. The lowest BCUT2D eigenvalue weighted by Gasteiger charge is -2.27. The third kappa shape index (κ3) is 5.89. The number of benzene rings is 3. The van der Waals surface area contributed by atoms with Crippen LogP contribution in [0.5, 0.6) is 5.75 Å². The largest absolute Gasteiger partial charge is 0.497 e. The van der Waals surface area contributed by atoms with Crippen LogP contribution in [0.25, 0.3) is 22.3 Å². The van der Waals surface area contributed by atoms with E-state index in [1.165, 1.54) is 6.33 Å². The summed E-state index contributed by atoms with van der Waals surface area (Å²) in [4.78, 5) is 41.0. The van der Waals surface area contributed by atoms with Gasteiger partial charge < -0.3 is 25.6 Å². The molecule has 1 fully saturated rings. The Bertz CT molecular complexity index is 1720. The number of rotatable bonds is 7. The van der Waals surface area contributed by atoms with Crippen LogP contribution >= 0.6 is 0 Å². The van der Waals surface area contributed by atoms with E-state index >= 15 is 0 Å². The lowest BCUT2D eigenvalue weighted by Crippen LogP contribution is -2.46. The molecule has 1 aliphatic heterocycles. The van der Waals surface area contributed by atoms with Crippen LogP contribution in [0, 0.1) is 0 Å². The average Bonchev–Trinajstić information content (AvgIpc) is 3.05. The van der Waals surface area contributed by atoms with Crippen LogP contribution in [0.15, 0.2) is 91.3 Å². The van der Waals surface area contributed by atoms with Crippen LogP contribution in [-0.2, 0) is 0 Å². The fraction of sp³-hybridized carbons (Fsp3) is 0.156. The van der Waals surface area contributed by atoms with E-state index < -0.39 is 0 Å². The van der Waals surface area contributed by atoms with Crippen molar-refractivity contribution in [1.29, 1.82) is 0 Å². The lowest BCUT2D eigenvalue weighted by atomic mass is 10.1. The number of pyridine rings is 1. The number of amides is 2. The highest BCUT2D eigenvalue weighted by Gasteiger charge is 2.18. The monoisotopic (exact) mass is 559 g/mol. The molecule has 0 spiro atoms. The molecule has 6 rings (SSSR count). The molecule has 0 saturated carbocycles. The highest BCUT2D eigenvalue weighted by Crippen LogP contribution is 2.26. The Morgan fingerprint density at radius 3 is 2.21 bits per heavy atom. The van der Waals surface area contributed by atoms with Gasteiger partial charge in [-0.25, -0.2) is 15.0 Å². The number of aromatic nitrogens is 3. The summed E-state index contributed by atoms with van der Waals surface area (Å²) in [5.74, 6) is 1.09. The summed E-state index contributed by atoms with van der Waals surface area (Å²) in [5.41, 5.74) is 5.53. The zero-order valence-corrected chi connectivity index (χ0v) is 23.0. The van der Waals surface area contributed by atoms with Crippen LogP contribution in [0.3, 0.4) is 0 Å². The quantitative estimate of drug-likeness (QED) is 0.261. The molecule has 42 heavy (non-hydrogen) atoms. The van der Waals surface area contributed by atoms with E-state index in [1.807, 2.05) is 53.4 Å². The van der Waals surface area contributed by atoms with Gasteiger partial charge in [0.15, 0.2) is 5.82 Å². The number of hydrogen-bond acceptors (Lipinski definition) is 8. The molecule has 10 nitrogen and oxygen atoms in total. The smallest absolute Gasteiger partial charge is 0.255 e. The Kier molecular flexibility index (Phi) is 7.69.